The van der Waals surface area contributed by atoms with Crippen molar-refractivity contribution in [3.63, 3.8) is 0 Å². The van der Waals surface area contributed by atoms with E-state index in [0.717, 1.165) is 17.2 Å². The van der Waals surface area contributed by atoms with Crippen molar-refractivity contribution in [3.8, 4) is 11.1 Å². The Bertz CT molecular complexity index is 1690. The molecule has 0 aliphatic carbocycles. The number of benzene rings is 2. The third kappa shape index (κ3) is 9.16. The van der Waals surface area contributed by atoms with Crippen LogP contribution in [0, 0.1) is 5.82 Å². The monoisotopic (exact) mass is 612 g/mol. The quantitative estimate of drug-likeness (QED) is 0.0512. The van der Waals surface area contributed by atoms with Crippen LogP contribution in [0.1, 0.15) is 34.8 Å². The van der Waals surface area contributed by atoms with Gasteiger partial charge in [-0.3, -0.25) is 9.59 Å². The average Bonchev–Trinajstić information content (AvgIpc) is 3.01. The Morgan fingerprint density at radius 2 is 1.44 bits per heavy atom. The first-order valence-corrected chi connectivity index (χ1v) is 14.4. The number of carbonyl (C=O) groups is 2. The molecule has 2 aromatic heterocycles. The molecule has 2 heterocycles. The Morgan fingerprint density at radius 3 is 2.13 bits per heavy atom. The highest BCUT2D eigenvalue weighted by molar-refractivity contribution is 6.59. The summed E-state index contributed by atoms with van der Waals surface area (Å²) in [6.45, 7) is 6.33. The van der Waals surface area contributed by atoms with Gasteiger partial charge in [0, 0.05) is 47.5 Å². The number of hydrogen-bond acceptors (Lipinski definition) is 6. The van der Waals surface area contributed by atoms with E-state index in [1.807, 2.05) is 41.2 Å². The van der Waals surface area contributed by atoms with Crippen LogP contribution in [0.3, 0.4) is 0 Å². The van der Waals surface area contributed by atoms with Crippen molar-refractivity contribution in [3.05, 3.63) is 120 Å². The summed E-state index contributed by atoms with van der Waals surface area (Å²) in [4.78, 5) is 24.9. The first kappa shape index (κ1) is 33.2. The number of aromatic nitrogens is 2. The fourth-order valence-electron chi connectivity index (χ4n) is 4.80. The van der Waals surface area contributed by atoms with Crippen LogP contribution in [0.15, 0.2) is 97.6 Å². The van der Waals surface area contributed by atoms with Crippen LogP contribution in [0.4, 0.5) is 4.39 Å². The number of nitrogens with zero attached hydrogens (tertiary/aromatic N) is 2. The van der Waals surface area contributed by atoms with Crippen LogP contribution in [-0.4, -0.2) is 59.2 Å². The molecule has 13 heteroatoms. The lowest BCUT2D eigenvalue weighted by Crippen LogP contribution is -2.42. The fourth-order valence-corrected chi connectivity index (χ4v) is 4.80. The van der Waals surface area contributed by atoms with Crippen molar-refractivity contribution >= 4 is 37.0 Å². The van der Waals surface area contributed by atoms with Gasteiger partial charge in [-0.25, -0.2) is 8.96 Å². The minimum Gasteiger partial charge on any atom is -0.423 e. The molecule has 4 aromatic rings. The van der Waals surface area contributed by atoms with Gasteiger partial charge in [-0.2, -0.15) is 4.57 Å². The highest BCUT2D eigenvalue weighted by atomic mass is 19.1. The minimum absolute atomic E-state index is 0.0544. The molecule has 0 atom stereocenters. The molecule has 0 fully saturated rings. The molecule has 2 amide bonds. The topological polar surface area (TPSA) is 147 Å². The highest BCUT2D eigenvalue weighted by Gasteiger charge is 2.22. The standard InChI is InChI=1S/C32H33B2FN4O6/c1-22(2)31(40)36-12-5-13-37-32(41)27-16-25(19-39(21-27)20-26-17-28(35)8-9-30(26)34(44)45)23-10-14-38(15-11-23)18-24-6-3-4-7-29(24)33(42)43/h3-4,6-11,14-17,19,21,42-45H,1,5,12-13,18,20H2,2H3/p+2. The molecule has 10 nitrogen and oxygen atoms in total. The van der Waals surface area contributed by atoms with Gasteiger partial charge >= 0.3 is 14.2 Å². The maximum atomic E-state index is 14.1. The zero-order valence-corrected chi connectivity index (χ0v) is 24.9. The lowest BCUT2D eigenvalue weighted by atomic mass is 9.77. The maximum Gasteiger partial charge on any atom is 0.488 e. The molecule has 0 unspecified atom stereocenters. The molecule has 4 rings (SSSR count). The summed E-state index contributed by atoms with van der Waals surface area (Å²) in [6, 6.07) is 16.1. The molecule has 0 aliphatic heterocycles. The lowest BCUT2D eigenvalue weighted by molar-refractivity contribution is -0.688. The highest BCUT2D eigenvalue weighted by Crippen LogP contribution is 2.18. The van der Waals surface area contributed by atoms with E-state index in [2.05, 4.69) is 17.2 Å². The number of hydrogen-bond donors (Lipinski definition) is 6. The molecule has 2 aromatic carbocycles. The predicted molar refractivity (Wildman–Crippen MR) is 168 cm³/mol. The van der Waals surface area contributed by atoms with E-state index in [9.17, 15) is 34.1 Å². The van der Waals surface area contributed by atoms with Crippen molar-refractivity contribution in [2.75, 3.05) is 13.1 Å². The van der Waals surface area contributed by atoms with E-state index in [0.29, 0.717) is 53.8 Å². The van der Waals surface area contributed by atoms with E-state index in [1.165, 1.54) is 12.1 Å². The summed E-state index contributed by atoms with van der Waals surface area (Å²) in [5.74, 6) is -1.14. The normalized spacial score (nSPS) is 10.7. The van der Waals surface area contributed by atoms with Crippen LogP contribution in [-0.2, 0) is 17.9 Å². The first-order valence-electron chi connectivity index (χ1n) is 14.4. The third-order valence-corrected chi connectivity index (χ3v) is 7.14. The van der Waals surface area contributed by atoms with Gasteiger partial charge in [0.05, 0.1) is 0 Å². The van der Waals surface area contributed by atoms with Gasteiger partial charge in [0.1, 0.15) is 11.4 Å². The van der Waals surface area contributed by atoms with E-state index in [1.54, 1.807) is 42.1 Å². The fraction of sp³-hybridized carbons (Fsp3) is 0.188. The number of rotatable bonds is 13. The summed E-state index contributed by atoms with van der Waals surface area (Å²) in [6.07, 6.45) is 7.54. The summed E-state index contributed by atoms with van der Waals surface area (Å²) in [5, 5.41) is 44.6. The van der Waals surface area contributed by atoms with Gasteiger partial charge in [0.2, 0.25) is 5.91 Å². The third-order valence-electron chi connectivity index (χ3n) is 7.14. The van der Waals surface area contributed by atoms with Gasteiger partial charge in [-0.15, -0.1) is 0 Å². The minimum atomic E-state index is -1.81. The average molecular weight is 612 g/mol. The molecule has 45 heavy (non-hydrogen) atoms. The van der Waals surface area contributed by atoms with E-state index >= 15 is 0 Å². The van der Waals surface area contributed by atoms with Crippen LogP contribution < -0.4 is 30.7 Å². The second-order valence-corrected chi connectivity index (χ2v) is 10.7. The number of halogens is 1. The Hall–Kier alpha value is -4.68. The Balaban J connectivity index is 1.60. The number of carbonyl (C=O) groups excluding carboxylic acids is 2. The van der Waals surface area contributed by atoms with Crippen molar-refractivity contribution in [2.24, 2.45) is 0 Å². The number of pyridine rings is 2. The van der Waals surface area contributed by atoms with Crippen LogP contribution in [0.25, 0.3) is 11.1 Å². The molecule has 0 spiro atoms. The van der Waals surface area contributed by atoms with E-state index in [-0.39, 0.29) is 23.8 Å². The zero-order chi connectivity index (χ0) is 32.5. The van der Waals surface area contributed by atoms with E-state index in [4.69, 9.17) is 0 Å². The summed E-state index contributed by atoms with van der Waals surface area (Å²) in [5.41, 5.74) is 3.81. The second-order valence-electron chi connectivity index (χ2n) is 10.7. The Labute approximate surface area is 261 Å². The van der Waals surface area contributed by atoms with Crippen molar-refractivity contribution < 1.29 is 43.2 Å². The van der Waals surface area contributed by atoms with Gasteiger partial charge in [-0.1, -0.05) is 36.9 Å². The molecule has 0 saturated heterocycles. The number of amides is 2. The largest absolute Gasteiger partial charge is 0.488 e. The van der Waals surface area contributed by atoms with Crippen LogP contribution in [0.2, 0.25) is 0 Å². The van der Waals surface area contributed by atoms with Gasteiger partial charge in [0.25, 0.3) is 5.91 Å². The summed E-state index contributed by atoms with van der Waals surface area (Å²) in [7, 11) is -3.40. The van der Waals surface area contributed by atoms with E-state index < -0.39 is 20.1 Å². The van der Waals surface area contributed by atoms with Crippen molar-refractivity contribution in [1.29, 1.82) is 0 Å². The summed E-state index contributed by atoms with van der Waals surface area (Å²) < 4.78 is 17.7. The molecule has 0 aliphatic rings. The molecule has 0 saturated carbocycles. The molecule has 230 valence electrons. The molecular formula is C32H35B2FN4O6+2. The Kier molecular flexibility index (Phi) is 11.3. The zero-order valence-electron chi connectivity index (χ0n) is 24.9. The SMILES string of the molecule is C=C(C)C(=O)NCCCNC(=O)c1cc(-c2cc[n+](Cc3ccccc3B(O)O)cc2)c[n+](Cc2cc(F)ccc2B(O)O)c1. The molecular weight excluding hydrogens is 577 g/mol. The number of nitrogens with one attached hydrogen (secondary N) is 2. The smallest absolute Gasteiger partial charge is 0.423 e. The lowest BCUT2D eigenvalue weighted by Gasteiger charge is -2.10. The van der Waals surface area contributed by atoms with Gasteiger partial charge in [0.15, 0.2) is 37.9 Å². The van der Waals surface area contributed by atoms with Crippen LogP contribution >= 0.6 is 0 Å². The summed E-state index contributed by atoms with van der Waals surface area (Å²) >= 11 is 0. The molecule has 0 radical (unpaired) electrons. The molecule has 6 N–H and O–H groups in total. The maximum absolute atomic E-state index is 14.1. The van der Waals surface area contributed by atoms with Crippen LogP contribution in [0.5, 0.6) is 0 Å². The predicted octanol–water partition coefficient (Wildman–Crippen LogP) is -0.664. The Morgan fingerprint density at radius 1 is 0.800 bits per heavy atom. The second kappa shape index (κ2) is 15.4. The van der Waals surface area contributed by atoms with Gasteiger partial charge < -0.3 is 30.7 Å². The first-order chi connectivity index (χ1) is 21.5. The van der Waals surface area contributed by atoms with Gasteiger partial charge in [-0.05, 0) is 48.0 Å². The van der Waals surface area contributed by atoms with Crippen molar-refractivity contribution in [1.82, 2.24) is 10.6 Å². The van der Waals surface area contributed by atoms with Crippen molar-refractivity contribution in [2.45, 2.75) is 26.4 Å². The molecule has 0 bridgehead atoms.